The zero-order valence-electron chi connectivity index (χ0n) is 11.3. The third-order valence-electron chi connectivity index (χ3n) is 3.95. The molecule has 0 spiro atoms. The molecule has 2 rings (SSSR count). The van der Waals surface area contributed by atoms with E-state index in [-0.39, 0.29) is 19.1 Å². The van der Waals surface area contributed by atoms with E-state index in [0.29, 0.717) is 19.4 Å². The molecule has 3 amide bonds. The summed E-state index contributed by atoms with van der Waals surface area (Å²) in [4.78, 5) is 37.7. The van der Waals surface area contributed by atoms with E-state index in [4.69, 9.17) is 10.5 Å². The number of hydrogen-bond donors (Lipinski definition) is 2. The molecule has 2 aliphatic rings. The number of nitrogens with two attached hydrogens (primary N) is 1. The lowest BCUT2D eigenvalue weighted by Crippen LogP contribution is -2.52. The third kappa shape index (κ3) is 2.55. The summed E-state index contributed by atoms with van der Waals surface area (Å²) in [5.74, 6) is -1.61. The van der Waals surface area contributed by atoms with Crippen molar-refractivity contribution >= 4 is 17.9 Å². The van der Waals surface area contributed by atoms with Crippen molar-refractivity contribution < 1.29 is 24.2 Å². The summed E-state index contributed by atoms with van der Waals surface area (Å²) in [5.41, 5.74) is 5.28. The Morgan fingerprint density at radius 2 is 1.95 bits per heavy atom. The van der Waals surface area contributed by atoms with Crippen molar-refractivity contribution in [2.24, 2.45) is 5.73 Å². The number of primary amides is 1. The van der Waals surface area contributed by atoms with Crippen molar-refractivity contribution in [1.82, 2.24) is 9.80 Å². The minimum atomic E-state index is -1.06. The number of hydrogen-bond acceptors (Lipinski definition) is 4. The molecule has 2 heterocycles. The average molecular weight is 285 g/mol. The van der Waals surface area contributed by atoms with E-state index in [0.717, 1.165) is 0 Å². The molecule has 2 fully saturated rings. The molecule has 3 atom stereocenters. The zero-order valence-corrected chi connectivity index (χ0v) is 11.3. The van der Waals surface area contributed by atoms with Crippen LogP contribution in [0.5, 0.6) is 0 Å². The van der Waals surface area contributed by atoms with Crippen LogP contribution in [-0.4, -0.2) is 71.2 Å². The molecular formula is C12H19N3O5. The Morgan fingerprint density at radius 3 is 2.50 bits per heavy atom. The summed E-state index contributed by atoms with van der Waals surface area (Å²) in [6.45, 7) is 0.640. The van der Waals surface area contributed by atoms with Crippen LogP contribution in [0.4, 0.5) is 4.79 Å². The van der Waals surface area contributed by atoms with Gasteiger partial charge in [-0.15, -0.1) is 0 Å². The number of methoxy groups -OCH3 is 1. The van der Waals surface area contributed by atoms with E-state index in [1.807, 2.05) is 0 Å². The maximum Gasteiger partial charge on any atom is 0.326 e. The van der Waals surface area contributed by atoms with Gasteiger partial charge in [-0.05, 0) is 12.8 Å². The molecule has 0 saturated carbocycles. The fourth-order valence-electron chi connectivity index (χ4n) is 2.87. The molecule has 0 aromatic rings. The smallest absolute Gasteiger partial charge is 0.326 e. The van der Waals surface area contributed by atoms with Gasteiger partial charge in [-0.3, -0.25) is 4.79 Å². The number of carbonyl (C=O) groups excluding carboxylic acids is 2. The lowest BCUT2D eigenvalue weighted by atomic mass is 10.2. The van der Waals surface area contributed by atoms with Gasteiger partial charge < -0.3 is 25.4 Å². The molecule has 0 aliphatic carbocycles. The molecule has 112 valence electrons. The Hall–Kier alpha value is -1.83. The van der Waals surface area contributed by atoms with Crippen LogP contribution in [0.15, 0.2) is 0 Å². The fourth-order valence-corrected chi connectivity index (χ4v) is 2.87. The van der Waals surface area contributed by atoms with Crippen molar-refractivity contribution in [2.75, 3.05) is 20.2 Å². The second-order valence-electron chi connectivity index (χ2n) is 5.14. The lowest BCUT2D eigenvalue weighted by molar-refractivity contribution is -0.141. The SMILES string of the molecule is COC1CC(C(=O)O)N(C(=O)N2CCCC2C(N)=O)C1. The molecule has 8 heteroatoms. The lowest BCUT2D eigenvalue weighted by Gasteiger charge is -2.30. The highest BCUT2D eigenvalue weighted by atomic mass is 16.5. The number of nitrogens with zero attached hydrogens (tertiary/aromatic N) is 2. The van der Waals surface area contributed by atoms with Gasteiger partial charge in [-0.25, -0.2) is 9.59 Å². The number of carboxylic acids is 1. The summed E-state index contributed by atoms with van der Waals surface area (Å²) in [6, 6.07) is -2.00. The molecule has 2 saturated heterocycles. The van der Waals surface area contributed by atoms with Crippen molar-refractivity contribution in [2.45, 2.75) is 37.5 Å². The molecule has 20 heavy (non-hydrogen) atoms. The Kier molecular flexibility index (Phi) is 4.12. The number of carbonyl (C=O) groups is 3. The molecule has 0 aromatic heterocycles. The highest BCUT2D eigenvalue weighted by molar-refractivity contribution is 5.89. The highest BCUT2D eigenvalue weighted by Crippen LogP contribution is 2.25. The van der Waals surface area contributed by atoms with E-state index in [2.05, 4.69) is 0 Å². The second kappa shape index (κ2) is 5.66. The predicted octanol–water partition coefficient (Wildman–Crippen LogP) is -0.770. The molecular weight excluding hydrogens is 266 g/mol. The molecule has 0 bridgehead atoms. The van der Waals surface area contributed by atoms with E-state index in [1.54, 1.807) is 0 Å². The fraction of sp³-hybridized carbons (Fsp3) is 0.750. The van der Waals surface area contributed by atoms with Gasteiger partial charge in [-0.1, -0.05) is 0 Å². The first-order valence-electron chi connectivity index (χ1n) is 6.58. The first-order valence-corrected chi connectivity index (χ1v) is 6.58. The van der Waals surface area contributed by atoms with Gasteiger partial charge in [0.15, 0.2) is 0 Å². The molecule has 0 aromatic carbocycles. The third-order valence-corrected chi connectivity index (χ3v) is 3.95. The highest BCUT2D eigenvalue weighted by Gasteiger charge is 2.44. The van der Waals surface area contributed by atoms with Gasteiger partial charge in [-0.2, -0.15) is 0 Å². The quantitative estimate of drug-likeness (QED) is 0.707. The van der Waals surface area contributed by atoms with Crippen LogP contribution < -0.4 is 5.73 Å². The van der Waals surface area contributed by atoms with Gasteiger partial charge in [0.25, 0.3) is 0 Å². The van der Waals surface area contributed by atoms with Crippen molar-refractivity contribution in [1.29, 1.82) is 0 Å². The van der Waals surface area contributed by atoms with Gasteiger partial charge in [0, 0.05) is 26.6 Å². The Bertz CT molecular complexity index is 427. The first kappa shape index (κ1) is 14.6. The van der Waals surface area contributed by atoms with Crippen LogP contribution in [-0.2, 0) is 14.3 Å². The van der Waals surface area contributed by atoms with Crippen LogP contribution in [0.3, 0.4) is 0 Å². The van der Waals surface area contributed by atoms with Gasteiger partial charge in [0.2, 0.25) is 5.91 Å². The number of ether oxygens (including phenoxy) is 1. The largest absolute Gasteiger partial charge is 0.480 e. The maximum absolute atomic E-state index is 12.5. The summed E-state index contributed by atoms with van der Waals surface area (Å²) in [7, 11) is 1.49. The van der Waals surface area contributed by atoms with Gasteiger partial charge in [0.1, 0.15) is 12.1 Å². The molecule has 8 nitrogen and oxygen atoms in total. The topological polar surface area (TPSA) is 113 Å². The van der Waals surface area contributed by atoms with Crippen molar-refractivity contribution in [3.05, 3.63) is 0 Å². The van der Waals surface area contributed by atoms with Crippen molar-refractivity contribution in [3.8, 4) is 0 Å². The van der Waals surface area contributed by atoms with Crippen molar-refractivity contribution in [3.63, 3.8) is 0 Å². The molecule has 2 aliphatic heterocycles. The van der Waals surface area contributed by atoms with Crippen LogP contribution in [0.25, 0.3) is 0 Å². The summed E-state index contributed by atoms with van der Waals surface area (Å²) < 4.78 is 5.14. The Labute approximate surface area is 116 Å². The summed E-state index contributed by atoms with van der Waals surface area (Å²) >= 11 is 0. The standard InChI is InChI=1S/C12H19N3O5/c1-20-7-5-9(11(17)18)15(6-7)12(19)14-4-2-3-8(14)10(13)16/h7-9H,2-6H2,1H3,(H2,13,16)(H,17,18). The van der Waals surface area contributed by atoms with Gasteiger partial charge >= 0.3 is 12.0 Å². The Morgan fingerprint density at radius 1 is 1.25 bits per heavy atom. The number of carboxylic acid groups (broad SMARTS) is 1. The summed E-state index contributed by atoms with van der Waals surface area (Å²) in [6.07, 6.45) is 1.18. The maximum atomic E-state index is 12.5. The van der Waals surface area contributed by atoms with Gasteiger partial charge in [0.05, 0.1) is 6.10 Å². The summed E-state index contributed by atoms with van der Waals surface area (Å²) in [5, 5.41) is 9.20. The van der Waals surface area contributed by atoms with E-state index in [1.165, 1.54) is 16.9 Å². The van der Waals surface area contributed by atoms with Crippen LogP contribution >= 0.6 is 0 Å². The zero-order chi connectivity index (χ0) is 14.9. The predicted molar refractivity (Wildman–Crippen MR) is 67.9 cm³/mol. The van der Waals surface area contributed by atoms with Crippen LogP contribution in [0.2, 0.25) is 0 Å². The van der Waals surface area contributed by atoms with E-state index < -0.39 is 30.0 Å². The minimum Gasteiger partial charge on any atom is -0.480 e. The monoisotopic (exact) mass is 285 g/mol. The molecule has 3 unspecified atom stereocenters. The Balaban J connectivity index is 2.14. The second-order valence-corrected chi connectivity index (χ2v) is 5.14. The van der Waals surface area contributed by atoms with E-state index in [9.17, 15) is 19.5 Å². The van der Waals surface area contributed by atoms with Crippen LogP contribution in [0.1, 0.15) is 19.3 Å². The number of likely N-dealkylation sites (tertiary alicyclic amines) is 2. The average Bonchev–Trinajstić information content (AvgIpc) is 3.04. The van der Waals surface area contributed by atoms with E-state index >= 15 is 0 Å². The minimum absolute atomic E-state index is 0.217. The molecule has 0 radical (unpaired) electrons. The molecule has 3 N–H and O–H groups in total. The first-order chi connectivity index (χ1) is 9.45. The van der Waals surface area contributed by atoms with Crippen LogP contribution in [0, 0.1) is 0 Å². The number of rotatable bonds is 3. The normalized spacial score (nSPS) is 29.8. The number of aliphatic carboxylic acids is 1. The number of urea groups is 1. The number of amides is 3.